The largest absolute Gasteiger partial charge is 0.489 e. The molecular weight excluding hydrogens is 217 g/mol. The number of halogens is 1. The maximum absolute atomic E-state index is 12.9. The minimum Gasteiger partial charge on any atom is -0.489 e. The van der Waals surface area contributed by atoms with Crippen LogP contribution in [-0.2, 0) is 6.61 Å². The first-order valence-electron chi connectivity index (χ1n) is 5.43. The van der Waals surface area contributed by atoms with Crippen molar-refractivity contribution in [1.29, 1.82) is 0 Å². The Labute approximate surface area is 100 Å². The molecule has 17 heavy (non-hydrogen) atoms. The smallest absolute Gasteiger partial charge is 0.126 e. The molecule has 2 aromatic carbocycles. The quantitative estimate of drug-likeness (QED) is 0.870. The van der Waals surface area contributed by atoms with Crippen LogP contribution in [0.15, 0.2) is 48.5 Å². The van der Waals surface area contributed by atoms with Crippen LogP contribution in [0.4, 0.5) is 10.1 Å². The summed E-state index contributed by atoms with van der Waals surface area (Å²) in [6.45, 7) is 0.438. The summed E-state index contributed by atoms with van der Waals surface area (Å²) in [5, 5.41) is 3.05. The first-order chi connectivity index (χ1) is 8.28. The number of hydrogen-bond acceptors (Lipinski definition) is 2. The van der Waals surface area contributed by atoms with Gasteiger partial charge in [-0.15, -0.1) is 0 Å². The van der Waals surface area contributed by atoms with Crippen molar-refractivity contribution in [2.24, 2.45) is 0 Å². The first kappa shape index (κ1) is 11.5. The summed E-state index contributed by atoms with van der Waals surface area (Å²) in [6.07, 6.45) is 0. The van der Waals surface area contributed by atoms with Gasteiger partial charge in [-0.05, 0) is 29.8 Å². The lowest BCUT2D eigenvalue weighted by Crippen LogP contribution is -1.96. The van der Waals surface area contributed by atoms with E-state index < -0.39 is 0 Å². The van der Waals surface area contributed by atoms with Crippen LogP contribution in [0.5, 0.6) is 5.75 Å². The van der Waals surface area contributed by atoms with E-state index in [1.54, 1.807) is 12.1 Å². The highest BCUT2D eigenvalue weighted by Crippen LogP contribution is 2.15. The maximum atomic E-state index is 12.9. The van der Waals surface area contributed by atoms with Crippen LogP contribution in [0.2, 0.25) is 0 Å². The van der Waals surface area contributed by atoms with Crippen LogP contribution in [0.25, 0.3) is 0 Å². The van der Waals surface area contributed by atoms with Gasteiger partial charge in [0, 0.05) is 18.8 Å². The summed E-state index contributed by atoms with van der Waals surface area (Å²) >= 11 is 0. The summed E-state index contributed by atoms with van der Waals surface area (Å²) < 4.78 is 18.4. The molecule has 0 fully saturated rings. The second kappa shape index (κ2) is 5.34. The molecule has 0 heterocycles. The molecule has 88 valence electrons. The number of anilines is 1. The molecule has 0 atom stereocenters. The minimum atomic E-state index is -0.284. The van der Waals surface area contributed by atoms with Crippen molar-refractivity contribution in [3.05, 3.63) is 59.9 Å². The van der Waals surface area contributed by atoms with E-state index in [0.717, 1.165) is 11.3 Å². The zero-order valence-electron chi connectivity index (χ0n) is 9.61. The van der Waals surface area contributed by atoms with E-state index in [4.69, 9.17) is 4.74 Å². The van der Waals surface area contributed by atoms with Crippen LogP contribution in [-0.4, -0.2) is 7.05 Å². The predicted octanol–water partition coefficient (Wildman–Crippen LogP) is 3.45. The zero-order valence-corrected chi connectivity index (χ0v) is 9.61. The standard InChI is InChI=1S/C14H14FNO/c1-16-13-7-5-11(6-8-13)10-17-14-4-2-3-12(15)9-14/h2-9,16H,10H2,1H3. The summed E-state index contributed by atoms with van der Waals surface area (Å²) in [5.41, 5.74) is 2.10. The zero-order chi connectivity index (χ0) is 12.1. The molecule has 2 aromatic rings. The lowest BCUT2D eigenvalue weighted by molar-refractivity contribution is 0.304. The van der Waals surface area contributed by atoms with Crippen molar-refractivity contribution in [2.45, 2.75) is 6.61 Å². The van der Waals surface area contributed by atoms with Crippen LogP contribution >= 0.6 is 0 Å². The van der Waals surface area contributed by atoms with Crippen molar-refractivity contribution in [3.63, 3.8) is 0 Å². The van der Waals surface area contributed by atoms with E-state index in [9.17, 15) is 4.39 Å². The molecular formula is C14H14FNO. The van der Waals surface area contributed by atoms with Gasteiger partial charge in [-0.1, -0.05) is 18.2 Å². The Balaban J connectivity index is 1.97. The molecule has 0 radical (unpaired) electrons. The number of ether oxygens (including phenoxy) is 1. The molecule has 2 rings (SSSR count). The topological polar surface area (TPSA) is 21.3 Å². The second-order valence-electron chi connectivity index (χ2n) is 3.69. The third kappa shape index (κ3) is 3.21. The van der Waals surface area contributed by atoms with E-state index in [1.807, 2.05) is 31.3 Å². The molecule has 3 heteroatoms. The monoisotopic (exact) mass is 231 g/mol. The van der Waals surface area contributed by atoms with Gasteiger partial charge in [0.25, 0.3) is 0 Å². The number of rotatable bonds is 4. The van der Waals surface area contributed by atoms with E-state index in [-0.39, 0.29) is 5.82 Å². The molecule has 2 nitrogen and oxygen atoms in total. The molecule has 0 bridgehead atoms. The summed E-state index contributed by atoms with van der Waals surface area (Å²) in [6, 6.07) is 14.1. The Bertz CT molecular complexity index is 482. The van der Waals surface area contributed by atoms with E-state index >= 15 is 0 Å². The Morgan fingerprint density at radius 3 is 2.53 bits per heavy atom. The normalized spacial score (nSPS) is 10.0. The summed E-state index contributed by atoms with van der Waals surface area (Å²) in [5.74, 6) is 0.260. The van der Waals surface area contributed by atoms with Gasteiger partial charge in [-0.25, -0.2) is 4.39 Å². The number of hydrogen-bond donors (Lipinski definition) is 1. The summed E-state index contributed by atoms with van der Waals surface area (Å²) in [7, 11) is 1.87. The SMILES string of the molecule is CNc1ccc(COc2cccc(F)c2)cc1. The highest BCUT2D eigenvalue weighted by atomic mass is 19.1. The molecule has 0 saturated carbocycles. The van der Waals surface area contributed by atoms with Crippen LogP contribution < -0.4 is 10.1 Å². The predicted molar refractivity (Wildman–Crippen MR) is 66.7 cm³/mol. The first-order valence-corrected chi connectivity index (χ1v) is 5.43. The second-order valence-corrected chi connectivity index (χ2v) is 3.69. The van der Waals surface area contributed by atoms with E-state index in [0.29, 0.717) is 12.4 Å². The number of benzene rings is 2. The molecule has 1 N–H and O–H groups in total. The highest BCUT2D eigenvalue weighted by Gasteiger charge is 1.97. The van der Waals surface area contributed by atoms with Crippen LogP contribution in [0.3, 0.4) is 0 Å². The van der Waals surface area contributed by atoms with Gasteiger partial charge in [0.2, 0.25) is 0 Å². The molecule has 0 unspecified atom stereocenters. The summed E-state index contributed by atoms with van der Waals surface area (Å²) in [4.78, 5) is 0. The van der Waals surface area contributed by atoms with E-state index in [2.05, 4.69) is 5.32 Å². The van der Waals surface area contributed by atoms with Gasteiger partial charge < -0.3 is 10.1 Å². The van der Waals surface area contributed by atoms with Crippen molar-refractivity contribution in [3.8, 4) is 5.75 Å². The van der Waals surface area contributed by atoms with Gasteiger partial charge >= 0.3 is 0 Å². The van der Waals surface area contributed by atoms with Crippen molar-refractivity contribution < 1.29 is 9.13 Å². The molecule has 0 spiro atoms. The average molecular weight is 231 g/mol. The fraction of sp³-hybridized carbons (Fsp3) is 0.143. The third-order valence-electron chi connectivity index (χ3n) is 2.44. The van der Waals surface area contributed by atoms with E-state index in [1.165, 1.54) is 12.1 Å². The van der Waals surface area contributed by atoms with Crippen molar-refractivity contribution in [1.82, 2.24) is 0 Å². The minimum absolute atomic E-state index is 0.284. The van der Waals surface area contributed by atoms with Gasteiger partial charge in [-0.2, -0.15) is 0 Å². The lowest BCUT2D eigenvalue weighted by atomic mass is 10.2. The highest BCUT2D eigenvalue weighted by molar-refractivity contribution is 5.43. The fourth-order valence-corrected chi connectivity index (χ4v) is 1.49. The molecule has 0 aromatic heterocycles. The Hall–Kier alpha value is -2.03. The van der Waals surface area contributed by atoms with Gasteiger partial charge in [0.05, 0.1) is 0 Å². The average Bonchev–Trinajstić information content (AvgIpc) is 2.37. The van der Waals surface area contributed by atoms with Crippen molar-refractivity contribution in [2.75, 3.05) is 12.4 Å². The van der Waals surface area contributed by atoms with Crippen LogP contribution in [0.1, 0.15) is 5.56 Å². The molecule has 0 saturated heterocycles. The lowest BCUT2D eigenvalue weighted by Gasteiger charge is -2.07. The van der Waals surface area contributed by atoms with Gasteiger partial charge in [-0.3, -0.25) is 0 Å². The fourth-order valence-electron chi connectivity index (χ4n) is 1.49. The van der Waals surface area contributed by atoms with Crippen molar-refractivity contribution >= 4 is 5.69 Å². The number of nitrogens with one attached hydrogen (secondary N) is 1. The maximum Gasteiger partial charge on any atom is 0.126 e. The van der Waals surface area contributed by atoms with Gasteiger partial charge in [0.15, 0.2) is 0 Å². The van der Waals surface area contributed by atoms with Crippen LogP contribution in [0, 0.1) is 5.82 Å². The Kier molecular flexibility index (Phi) is 3.60. The molecule has 0 aliphatic carbocycles. The Morgan fingerprint density at radius 1 is 1.12 bits per heavy atom. The third-order valence-corrected chi connectivity index (χ3v) is 2.44. The Morgan fingerprint density at radius 2 is 1.88 bits per heavy atom. The molecule has 0 aliphatic heterocycles. The molecule has 0 aliphatic rings. The molecule has 0 amide bonds. The van der Waals surface area contributed by atoms with Gasteiger partial charge in [0.1, 0.15) is 18.2 Å².